The van der Waals surface area contributed by atoms with E-state index in [1.54, 1.807) is 7.05 Å². The molecule has 1 aliphatic carbocycles. The van der Waals surface area contributed by atoms with Gasteiger partial charge in [0.15, 0.2) is 0 Å². The van der Waals surface area contributed by atoms with Crippen molar-refractivity contribution in [3.63, 3.8) is 0 Å². The van der Waals surface area contributed by atoms with Crippen LogP contribution in [0.2, 0.25) is 0 Å². The maximum atomic E-state index is 14.0. The van der Waals surface area contributed by atoms with Gasteiger partial charge in [-0.2, -0.15) is 0 Å². The summed E-state index contributed by atoms with van der Waals surface area (Å²) in [6, 6.07) is 9.81. The summed E-state index contributed by atoms with van der Waals surface area (Å²) in [5.74, 6) is -1.06. The second kappa shape index (κ2) is 5.33. The van der Waals surface area contributed by atoms with Crippen molar-refractivity contribution >= 4 is 0 Å². The second-order valence-electron chi connectivity index (χ2n) is 5.27. The van der Waals surface area contributed by atoms with Gasteiger partial charge in [0, 0.05) is 11.6 Å². The van der Waals surface area contributed by atoms with Gasteiger partial charge in [0.05, 0.1) is 6.04 Å². The predicted octanol–water partition coefficient (Wildman–Crippen LogP) is 3.76. The summed E-state index contributed by atoms with van der Waals surface area (Å²) in [6.07, 6.45) is 3.41. The van der Waals surface area contributed by atoms with E-state index >= 15 is 0 Å². The average Bonchev–Trinajstić information content (AvgIpc) is 2.89. The average molecular weight is 273 g/mol. The van der Waals surface area contributed by atoms with E-state index in [2.05, 4.69) is 17.4 Å². The van der Waals surface area contributed by atoms with E-state index in [9.17, 15) is 8.78 Å². The van der Waals surface area contributed by atoms with E-state index in [4.69, 9.17) is 0 Å². The third-order valence-electron chi connectivity index (χ3n) is 4.02. The third-order valence-corrected chi connectivity index (χ3v) is 4.02. The number of hydrogen-bond acceptors (Lipinski definition) is 1. The van der Waals surface area contributed by atoms with E-state index in [1.807, 2.05) is 6.07 Å². The monoisotopic (exact) mass is 273 g/mol. The first-order valence-electron chi connectivity index (χ1n) is 6.93. The number of rotatable bonds is 3. The molecule has 0 heterocycles. The zero-order valence-electron chi connectivity index (χ0n) is 11.4. The molecule has 0 aliphatic heterocycles. The fourth-order valence-electron chi connectivity index (χ4n) is 3.01. The first kappa shape index (κ1) is 13.3. The SMILES string of the molecule is CNC(c1ccc2c(c1)CCC2)c1ccc(F)cc1F. The van der Waals surface area contributed by atoms with Crippen molar-refractivity contribution in [3.05, 3.63) is 70.3 Å². The molecule has 0 radical (unpaired) electrons. The molecule has 3 rings (SSSR count). The van der Waals surface area contributed by atoms with E-state index in [1.165, 1.54) is 29.7 Å². The standard InChI is InChI=1S/C17H17F2N/c1-20-17(15-8-7-14(18)10-16(15)19)13-6-5-11-3-2-4-12(11)9-13/h5-10,17,20H,2-4H2,1H3. The minimum absolute atomic E-state index is 0.249. The first-order chi connectivity index (χ1) is 9.69. The van der Waals surface area contributed by atoms with Gasteiger partial charge in [-0.25, -0.2) is 8.78 Å². The van der Waals surface area contributed by atoms with Crippen LogP contribution in [0.5, 0.6) is 0 Å². The highest BCUT2D eigenvalue weighted by molar-refractivity contribution is 5.40. The Morgan fingerprint density at radius 1 is 1.00 bits per heavy atom. The molecule has 0 spiro atoms. The van der Waals surface area contributed by atoms with E-state index in [-0.39, 0.29) is 6.04 Å². The highest BCUT2D eigenvalue weighted by Gasteiger charge is 2.19. The smallest absolute Gasteiger partial charge is 0.131 e. The van der Waals surface area contributed by atoms with Crippen LogP contribution in [-0.2, 0) is 12.8 Å². The molecule has 2 aromatic rings. The Hall–Kier alpha value is -1.74. The molecule has 1 atom stereocenters. The van der Waals surface area contributed by atoms with Gasteiger partial charge in [-0.15, -0.1) is 0 Å². The lowest BCUT2D eigenvalue weighted by Crippen LogP contribution is -2.19. The molecule has 0 fully saturated rings. The van der Waals surface area contributed by atoms with E-state index in [0.29, 0.717) is 5.56 Å². The van der Waals surface area contributed by atoms with Gasteiger partial charge in [-0.3, -0.25) is 0 Å². The summed E-state index contributed by atoms with van der Waals surface area (Å²) >= 11 is 0. The maximum absolute atomic E-state index is 14.0. The Kier molecular flexibility index (Phi) is 3.53. The summed E-state index contributed by atoms with van der Waals surface area (Å²) < 4.78 is 27.0. The van der Waals surface area contributed by atoms with Crippen molar-refractivity contribution in [2.24, 2.45) is 0 Å². The Bertz CT molecular complexity index is 637. The lowest BCUT2D eigenvalue weighted by Gasteiger charge is -2.19. The lowest BCUT2D eigenvalue weighted by atomic mass is 9.95. The van der Waals surface area contributed by atoms with Gasteiger partial charge < -0.3 is 5.32 Å². The van der Waals surface area contributed by atoms with Crippen molar-refractivity contribution in [1.82, 2.24) is 5.32 Å². The molecule has 104 valence electrons. The zero-order chi connectivity index (χ0) is 14.1. The van der Waals surface area contributed by atoms with Crippen LogP contribution in [0.15, 0.2) is 36.4 Å². The molecule has 1 aliphatic rings. The Morgan fingerprint density at radius 3 is 2.55 bits per heavy atom. The highest BCUT2D eigenvalue weighted by Crippen LogP contribution is 2.29. The van der Waals surface area contributed by atoms with Crippen LogP contribution < -0.4 is 5.32 Å². The van der Waals surface area contributed by atoms with Crippen molar-refractivity contribution in [3.8, 4) is 0 Å². The minimum Gasteiger partial charge on any atom is -0.309 e. The molecular weight excluding hydrogens is 256 g/mol. The Labute approximate surface area is 117 Å². The summed E-state index contributed by atoms with van der Waals surface area (Å²) in [6.45, 7) is 0. The number of hydrogen-bond donors (Lipinski definition) is 1. The molecule has 20 heavy (non-hydrogen) atoms. The highest BCUT2D eigenvalue weighted by atomic mass is 19.1. The molecule has 3 heteroatoms. The molecule has 1 nitrogen and oxygen atoms in total. The first-order valence-corrected chi connectivity index (χ1v) is 6.93. The van der Waals surface area contributed by atoms with Crippen molar-refractivity contribution in [2.75, 3.05) is 7.05 Å². The maximum Gasteiger partial charge on any atom is 0.131 e. The molecule has 2 aromatic carbocycles. The van der Waals surface area contributed by atoms with Crippen LogP contribution in [-0.4, -0.2) is 7.05 Å². The number of nitrogens with one attached hydrogen (secondary N) is 1. The van der Waals surface area contributed by atoms with Crippen LogP contribution in [0, 0.1) is 11.6 Å². The second-order valence-corrected chi connectivity index (χ2v) is 5.27. The van der Waals surface area contributed by atoms with Crippen LogP contribution in [0.1, 0.15) is 34.7 Å². The molecule has 0 saturated carbocycles. The molecule has 0 aromatic heterocycles. The molecular formula is C17H17F2N. The summed E-state index contributed by atoms with van der Waals surface area (Å²) in [5.41, 5.74) is 4.25. The van der Waals surface area contributed by atoms with Crippen molar-refractivity contribution in [1.29, 1.82) is 0 Å². The molecule has 0 bridgehead atoms. The Morgan fingerprint density at radius 2 is 1.80 bits per heavy atom. The zero-order valence-corrected chi connectivity index (χ0v) is 11.4. The fourth-order valence-corrected chi connectivity index (χ4v) is 3.01. The van der Waals surface area contributed by atoms with Gasteiger partial charge in [0.25, 0.3) is 0 Å². The van der Waals surface area contributed by atoms with E-state index in [0.717, 1.165) is 24.5 Å². The van der Waals surface area contributed by atoms with Crippen molar-refractivity contribution < 1.29 is 8.78 Å². The van der Waals surface area contributed by atoms with Crippen molar-refractivity contribution in [2.45, 2.75) is 25.3 Å². The van der Waals surface area contributed by atoms with Crippen LogP contribution in [0.4, 0.5) is 8.78 Å². The van der Waals surface area contributed by atoms with Gasteiger partial charge in [0.1, 0.15) is 11.6 Å². The van der Waals surface area contributed by atoms with Gasteiger partial charge in [0.2, 0.25) is 0 Å². The molecule has 1 unspecified atom stereocenters. The fraction of sp³-hybridized carbons (Fsp3) is 0.294. The Balaban J connectivity index is 2.01. The van der Waals surface area contributed by atoms with Gasteiger partial charge >= 0.3 is 0 Å². The minimum atomic E-state index is -0.546. The van der Waals surface area contributed by atoms with Crippen LogP contribution in [0.3, 0.4) is 0 Å². The summed E-state index contributed by atoms with van der Waals surface area (Å²) in [7, 11) is 1.79. The summed E-state index contributed by atoms with van der Waals surface area (Å²) in [5, 5.41) is 3.12. The quantitative estimate of drug-likeness (QED) is 0.897. The molecule has 0 saturated heterocycles. The third kappa shape index (κ3) is 2.34. The molecule has 0 amide bonds. The van der Waals surface area contributed by atoms with Gasteiger partial charge in [-0.1, -0.05) is 24.3 Å². The number of halogens is 2. The van der Waals surface area contributed by atoms with Crippen LogP contribution in [0.25, 0.3) is 0 Å². The number of benzene rings is 2. The number of fused-ring (bicyclic) bond motifs is 1. The topological polar surface area (TPSA) is 12.0 Å². The normalized spacial score (nSPS) is 15.2. The number of aryl methyl sites for hydroxylation is 2. The largest absolute Gasteiger partial charge is 0.309 e. The van der Waals surface area contributed by atoms with Gasteiger partial charge in [-0.05, 0) is 49.1 Å². The summed E-state index contributed by atoms with van der Waals surface area (Å²) in [4.78, 5) is 0. The van der Waals surface area contributed by atoms with Crippen LogP contribution >= 0.6 is 0 Å². The molecule has 1 N–H and O–H groups in total. The van der Waals surface area contributed by atoms with E-state index < -0.39 is 11.6 Å². The predicted molar refractivity (Wildman–Crippen MR) is 75.7 cm³/mol. The lowest BCUT2D eigenvalue weighted by molar-refractivity contribution is 0.551.